The van der Waals surface area contributed by atoms with E-state index in [1.807, 2.05) is 54.7 Å². The molecule has 0 bridgehead atoms. The summed E-state index contributed by atoms with van der Waals surface area (Å²) in [5, 5.41) is 21.3. The molecule has 0 saturated carbocycles. The second-order valence-corrected chi connectivity index (χ2v) is 9.93. The molecule has 0 aliphatic carbocycles. The summed E-state index contributed by atoms with van der Waals surface area (Å²) >= 11 is 0. The van der Waals surface area contributed by atoms with Gasteiger partial charge in [-0.25, -0.2) is 4.98 Å². The molecule has 0 spiro atoms. The van der Waals surface area contributed by atoms with E-state index < -0.39 is 5.91 Å². The first-order valence-corrected chi connectivity index (χ1v) is 14.1. The zero-order chi connectivity index (χ0) is 29.7. The molecule has 0 aliphatic heterocycles. The summed E-state index contributed by atoms with van der Waals surface area (Å²) in [6, 6.07) is 26.5. The van der Waals surface area contributed by atoms with Crippen molar-refractivity contribution in [2.75, 3.05) is 6.54 Å². The first kappa shape index (κ1) is 29.9. The molecule has 214 valence electrons. The van der Waals surface area contributed by atoms with Gasteiger partial charge in [-0.2, -0.15) is 0 Å². The second kappa shape index (κ2) is 15.0. The number of hydrogen-bond acceptors (Lipinski definition) is 5. The van der Waals surface area contributed by atoms with Crippen LogP contribution in [0.15, 0.2) is 104 Å². The van der Waals surface area contributed by atoms with Crippen LogP contribution in [0.1, 0.15) is 46.1 Å². The predicted octanol–water partition coefficient (Wildman–Crippen LogP) is 6.33. The fourth-order valence-electron chi connectivity index (χ4n) is 4.44. The van der Waals surface area contributed by atoms with Crippen LogP contribution in [0.2, 0.25) is 0 Å². The minimum atomic E-state index is -0.397. The molecule has 0 fully saturated rings. The van der Waals surface area contributed by atoms with Gasteiger partial charge in [0, 0.05) is 35.9 Å². The molecule has 42 heavy (non-hydrogen) atoms. The normalized spacial score (nSPS) is 10.4. The highest BCUT2D eigenvalue weighted by atomic mass is 16.1. The van der Waals surface area contributed by atoms with Gasteiger partial charge >= 0.3 is 0 Å². The molecule has 8 heteroatoms. The van der Waals surface area contributed by atoms with Crippen molar-refractivity contribution in [3.05, 3.63) is 132 Å². The minimum Gasteiger partial charge on any atom is -0.361 e. The van der Waals surface area contributed by atoms with Gasteiger partial charge in [0.1, 0.15) is 17.4 Å². The van der Waals surface area contributed by atoms with E-state index in [4.69, 9.17) is 10.8 Å². The van der Waals surface area contributed by atoms with Crippen molar-refractivity contribution in [2.24, 2.45) is 0 Å². The third-order valence-electron chi connectivity index (χ3n) is 6.93. The summed E-state index contributed by atoms with van der Waals surface area (Å²) in [7, 11) is 0. The average Bonchev–Trinajstić information content (AvgIpc) is 3.43. The molecule has 5 aromatic rings. The smallest absolute Gasteiger partial charge is 0.271 e. The molecule has 0 radical (unpaired) electrons. The van der Waals surface area contributed by atoms with Gasteiger partial charge in [-0.1, -0.05) is 79.7 Å². The Kier molecular flexibility index (Phi) is 10.7. The lowest BCUT2D eigenvalue weighted by molar-refractivity contribution is 0.0953. The number of aromatic amines is 1. The van der Waals surface area contributed by atoms with Crippen molar-refractivity contribution in [3.63, 3.8) is 0 Å². The van der Waals surface area contributed by atoms with Gasteiger partial charge < -0.3 is 15.2 Å². The van der Waals surface area contributed by atoms with E-state index in [0.717, 1.165) is 17.5 Å². The molecule has 2 heterocycles. The Balaban J connectivity index is 0.000000337. The number of aromatic nitrogens is 3. The zero-order valence-corrected chi connectivity index (χ0v) is 24.1. The maximum absolute atomic E-state index is 12.3. The molecule has 1 amide bonds. The minimum absolute atomic E-state index is 0.00380. The maximum Gasteiger partial charge on any atom is 0.271 e. The number of nitrogens with one attached hydrogen (secondary N) is 4. The molecular formula is C34H37N7O. The average molecular weight is 560 g/mol. The van der Waals surface area contributed by atoms with Gasteiger partial charge in [0.05, 0.1) is 19.3 Å². The number of H-pyrrole nitrogens is 1. The number of para-hydroxylation sites is 1. The third-order valence-corrected chi connectivity index (χ3v) is 6.93. The summed E-state index contributed by atoms with van der Waals surface area (Å²) in [6.07, 6.45) is 8.53. The van der Waals surface area contributed by atoms with Crippen molar-refractivity contribution in [1.29, 1.82) is 10.8 Å². The number of amidine groups is 2. The van der Waals surface area contributed by atoms with Crippen LogP contribution < -0.4 is 5.32 Å². The Morgan fingerprint density at radius 1 is 0.881 bits per heavy atom. The molecule has 2 aromatic heterocycles. The quantitative estimate of drug-likeness (QED) is 0.124. The lowest BCUT2D eigenvalue weighted by atomic mass is 10.1. The number of nitrogens with zero attached hydrogens (tertiary/aromatic N) is 3. The summed E-state index contributed by atoms with van der Waals surface area (Å²) < 4.78 is 0. The Hall–Kier alpha value is -5.11. The molecular weight excluding hydrogens is 522 g/mol. The van der Waals surface area contributed by atoms with Crippen LogP contribution in [-0.4, -0.2) is 44.0 Å². The fourth-order valence-corrected chi connectivity index (χ4v) is 4.44. The monoisotopic (exact) mass is 559 g/mol. The van der Waals surface area contributed by atoms with Crippen molar-refractivity contribution in [2.45, 2.75) is 39.7 Å². The second-order valence-electron chi connectivity index (χ2n) is 9.93. The van der Waals surface area contributed by atoms with Gasteiger partial charge in [0.25, 0.3) is 5.91 Å². The lowest BCUT2D eigenvalue weighted by Gasteiger charge is -2.26. The first-order valence-electron chi connectivity index (χ1n) is 14.1. The van der Waals surface area contributed by atoms with Crippen molar-refractivity contribution >= 4 is 28.5 Å². The van der Waals surface area contributed by atoms with E-state index in [9.17, 15) is 4.79 Å². The Morgan fingerprint density at radius 3 is 2.29 bits per heavy atom. The third kappa shape index (κ3) is 8.44. The van der Waals surface area contributed by atoms with Crippen LogP contribution in [0.3, 0.4) is 0 Å². The molecule has 5 rings (SSSR count). The van der Waals surface area contributed by atoms with Crippen molar-refractivity contribution in [1.82, 2.24) is 25.2 Å². The van der Waals surface area contributed by atoms with E-state index in [-0.39, 0.29) is 18.1 Å². The Morgan fingerprint density at radius 2 is 1.60 bits per heavy atom. The molecule has 0 atom stereocenters. The van der Waals surface area contributed by atoms with Gasteiger partial charge in [0.2, 0.25) is 0 Å². The van der Waals surface area contributed by atoms with Crippen molar-refractivity contribution < 1.29 is 4.79 Å². The number of carbonyl (C=O) groups is 1. The number of carbonyl (C=O) groups excluding carboxylic acids is 1. The highest BCUT2D eigenvalue weighted by molar-refractivity contribution is 6.01. The number of amides is 1. The standard InChI is InChI=1S/C25H28N6O.C9H9N/c1-2-19-8-10-21(11-9-19)18-31(23(26)13-12-20-6-4-3-5-7-20)24(27)17-30-25(32)22-16-28-14-15-29-22;1-7-6-10-9-5-3-2-4-8(7)9/h3-11,14-16,26-27H,2,12-13,17-18H2,1H3,(H,30,32);2-6,10H,1H3. The molecule has 3 aromatic carbocycles. The largest absolute Gasteiger partial charge is 0.361 e. The molecule has 4 N–H and O–H groups in total. The van der Waals surface area contributed by atoms with Crippen LogP contribution in [0.25, 0.3) is 10.9 Å². The number of benzene rings is 3. The van der Waals surface area contributed by atoms with Gasteiger partial charge in [-0.15, -0.1) is 0 Å². The van der Waals surface area contributed by atoms with E-state index in [0.29, 0.717) is 25.2 Å². The highest BCUT2D eigenvalue weighted by Crippen LogP contribution is 2.15. The topological polar surface area (TPSA) is 122 Å². The molecule has 0 aliphatic rings. The molecule has 8 nitrogen and oxygen atoms in total. The van der Waals surface area contributed by atoms with Gasteiger partial charge in [-0.05, 0) is 48.1 Å². The number of hydrogen-bond donors (Lipinski definition) is 4. The Labute approximate surface area is 246 Å². The van der Waals surface area contributed by atoms with Crippen LogP contribution >= 0.6 is 0 Å². The van der Waals surface area contributed by atoms with Crippen LogP contribution in [0.5, 0.6) is 0 Å². The van der Waals surface area contributed by atoms with E-state index in [1.165, 1.54) is 40.6 Å². The summed E-state index contributed by atoms with van der Waals surface area (Å²) in [5.41, 5.74) is 6.13. The highest BCUT2D eigenvalue weighted by Gasteiger charge is 2.17. The number of rotatable bonds is 9. The summed E-state index contributed by atoms with van der Waals surface area (Å²) in [4.78, 5) is 25.0. The SMILES string of the molecule is CCc1ccc(CN(C(=N)CCc2ccccc2)C(=N)CNC(=O)c2cnccn2)cc1.Cc1c[nH]c2ccccc12. The molecule has 0 saturated heterocycles. The lowest BCUT2D eigenvalue weighted by Crippen LogP contribution is -2.42. The molecule has 0 unspecified atom stereocenters. The Bertz CT molecular complexity index is 1600. The van der Waals surface area contributed by atoms with E-state index in [1.54, 1.807) is 4.90 Å². The van der Waals surface area contributed by atoms with Crippen LogP contribution in [0, 0.1) is 17.7 Å². The number of fused-ring (bicyclic) bond motifs is 1. The maximum atomic E-state index is 12.3. The van der Waals surface area contributed by atoms with Gasteiger partial charge in [0.15, 0.2) is 0 Å². The van der Waals surface area contributed by atoms with Gasteiger partial charge in [-0.3, -0.25) is 20.6 Å². The zero-order valence-electron chi connectivity index (χ0n) is 24.1. The van der Waals surface area contributed by atoms with Crippen molar-refractivity contribution in [3.8, 4) is 0 Å². The van der Waals surface area contributed by atoms with Crippen LogP contribution in [0.4, 0.5) is 0 Å². The first-order chi connectivity index (χ1) is 20.4. The number of aryl methyl sites for hydroxylation is 3. The summed E-state index contributed by atoms with van der Waals surface area (Å²) in [6.45, 7) is 4.61. The predicted molar refractivity (Wildman–Crippen MR) is 169 cm³/mol. The fraction of sp³-hybridized carbons (Fsp3) is 0.206. The summed E-state index contributed by atoms with van der Waals surface area (Å²) in [5.74, 6) is 0.0953. The van der Waals surface area contributed by atoms with Crippen LogP contribution in [-0.2, 0) is 19.4 Å². The van der Waals surface area contributed by atoms with E-state index >= 15 is 0 Å². The van der Waals surface area contributed by atoms with E-state index in [2.05, 4.69) is 64.4 Å².